The third-order valence-corrected chi connectivity index (χ3v) is 2.73. The molecule has 0 radical (unpaired) electrons. The Morgan fingerprint density at radius 1 is 1.23 bits per heavy atom. The van der Waals surface area contributed by atoms with Crippen LogP contribution >= 0.6 is 0 Å². The number of rotatable bonds is 3. The van der Waals surface area contributed by atoms with Gasteiger partial charge in [-0.05, 0) is 25.7 Å². The maximum Gasteiger partial charge on any atom is 0.0965 e. The van der Waals surface area contributed by atoms with E-state index in [9.17, 15) is 0 Å². The molecule has 0 bridgehead atoms. The minimum Gasteiger partial charge on any atom is -0.371 e. The van der Waals surface area contributed by atoms with Gasteiger partial charge in [0.25, 0.3) is 0 Å². The lowest BCUT2D eigenvalue weighted by Crippen LogP contribution is -2.33. The number of aliphatic imine (C=N–C) groups is 1. The smallest absolute Gasteiger partial charge is 0.0965 e. The summed E-state index contributed by atoms with van der Waals surface area (Å²) in [5.74, 6) is 1.26. The zero-order valence-electron chi connectivity index (χ0n) is 8.97. The monoisotopic (exact) mass is 182 g/mol. The van der Waals surface area contributed by atoms with Crippen molar-refractivity contribution in [2.24, 2.45) is 4.99 Å². The Kier molecular flexibility index (Phi) is 4.87. The highest BCUT2D eigenvalue weighted by molar-refractivity contribution is 5.82. The van der Waals surface area contributed by atoms with Crippen LogP contribution in [-0.2, 0) is 0 Å². The average molecular weight is 182 g/mol. The fourth-order valence-corrected chi connectivity index (χ4v) is 1.72. The van der Waals surface area contributed by atoms with Crippen LogP contribution in [0.25, 0.3) is 0 Å². The lowest BCUT2D eigenvalue weighted by molar-refractivity contribution is 0.563. The van der Waals surface area contributed by atoms with Gasteiger partial charge in [0.15, 0.2) is 0 Å². The third-order valence-electron chi connectivity index (χ3n) is 2.73. The van der Waals surface area contributed by atoms with E-state index in [4.69, 9.17) is 0 Å². The summed E-state index contributed by atoms with van der Waals surface area (Å²) in [5.41, 5.74) is 0. The van der Waals surface area contributed by atoms with Crippen LogP contribution in [0.3, 0.4) is 0 Å². The van der Waals surface area contributed by atoms with Gasteiger partial charge in [0, 0.05) is 19.0 Å². The summed E-state index contributed by atoms with van der Waals surface area (Å²) in [6.07, 6.45) is 7.50. The first kappa shape index (κ1) is 10.6. The van der Waals surface area contributed by atoms with Crippen molar-refractivity contribution in [3.63, 3.8) is 0 Å². The molecule has 1 heterocycles. The molecule has 0 spiro atoms. The highest BCUT2D eigenvalue weighted by Gasteiger charge is 2.08. The standard InChI is InChI=1S/C11H22N2/c1-3-10(4-2)13-11-8-6-5-7-9-12-11/h10H,3-9H2,1-2H3,(H,12,13). The number of hydrogen-bond donors (Lipinski definition) is 1. The molecular weight excluding hydrogens is 160 g/mol. The van der Waals surface area contributed by atoms with E-state index < -0.39 is 0 Å². The molecule has 2 heteroatoms. The van der Waals surface area contributed by atoms with E-state index in [0.717, 1.165) is 13.0 Å². The molecule has 0 amide bonds. The van der Waals surface area contributed by atoms with Crippen LogP contribution in [0.4, 0.5) is 0 Å². The number of hydrogen-bond acceptors (Lipinski definition) is 2. The topological polar surface area (TPSA) is 24.4 Å². The molecule has 0 aromatic carbocycles. The highest BCUT2D eigenvalue weighted by Crippen LogP contribution is 2.07. The summed E-state index contributed by atoms with van der Waals surface area (Å²) in [5, 5.41) is 3.55. The Balaban J connectivity index is 2.36. The molecule has 1 N–H and O–H groups in total. The van der Waals surface area contributed by atoms with Crippen molar-refractivity contribution in [2.45, 2.75) is 58.4 Å². The van der Waals surface area contributed by atoms with Crippen LogP contribution in [-0.4, -0.2) is 18.4 Å². The van der Waals surface area contributed by atoms with Crippen molar-refractivity contribution in [1.29, 1.82) is 0 Å². The number of amidine groups is 1. The maximum atomic E-state index is 4.56. The van der Waals surface area contributed by atoms with Crippen molar-refractivity contribution in [3.05, 3.63) is 0 Å². The molecule has 0 aliphatic carbocycles. The van der Waals surface area contributed by atoms with Gasteiger partial charge in [-0.3, -0.25) is 4.99 Å². The molecule has 0 saturated carbocycles. The largest absolute Gasteiger partial charge is 0.371 e. The molecule has 0 atom stereocenters. The minimum atomic E-state index is 0.636. The van der Waals surface area contributed by atoms with Crippen LogP contribution in [0.1, 0.15) is 52.4 Å². The fraction of sp³-hybridized carbons (Fsp3) is 0.909. The van der Waals surface area contributed by atoms with Gasteiger partial charge >= 0.3 is 0 Å². The van der Waals surface area contributed by atoms with E-state index in [1.165, 1.54) is 37.9 Å². The molecule has 76 valence electrons. The summed E-state index contributed by atoms with van der Waals surface area (Å²) in [4.78, 5) is 4.56. The van der Waals surface area contributed by atoms with Crippen molar-refractivity contribution in [2.75, 3.05) is 6.54 Å². The minimum absolute atomic E-state index is 0.636. The van der Waals surface area contributed by atoms with Crippen LogP contribution in [0, 0.1) is 0 Å². The summed E-state index contributed by atoms with van der Waals surface area (Å²) in [6.45, 7) is 5.50. The Hall–Kier alpha value is -0.530. The molecule has 2 nitrogen and oxygen atoms in total. The Morgan fingerprint density at radius 2 is 2.00 bits per heavy atom. The van der Waals surface area contributed by atoms with Crippen molar-refractivity contribution < 1.29 is 0 Å². The molecule has 0 aromatic heterocycles. The van der Waals surface area contributed by atoms with E-state index in [2.05, 4.69) is 24.2 Å². The molecule has 0 saturated heterocycles. The van der Waals surface area contributed by atoms with Crippen LogP contribution in [0.5, 0.6) is 0 Å². The first-order chi connectivity index (χ1) is 6.36. The normalized spacial score (nSPS) is 18.2. The fourth-order valence-electron chi connectivity index (χ4n) is 1.72. The third kappa shape index (κ3) is 3.79. The van der Waals surface area contributed by atoms with Gasteiger partial charge in [0.05, 0.1) is 5.84 Å². The predicted octanol–water partition coefficient (Wildman–Crippen LogP) is 2.74. The predicted molar refractivity (Wildman–Crippen MR) is 58.3 cm³/mol. The van der Waals surface area contributed by atoms with Gasteiger partial charge in [-0.2, -0.15) is 0 Å². The molecule has 1 aliphatic rings. The summed E-state index contributed by atoms with van der Waals surface area (Å²) >= 11 is 0. The number of nitrogens with zero attached hydrogens (tertiary/aromatic N) is 1. The van der Waals surface area contributed by atoms with E-state index in [-0.39, 0.29) is 0 Å². The lowest BCUT2D eigenvalue weighted by atomic mass is 10.1. The molecule has 1 aliphatic heterocycles. The highest BCUT2D eigenvalue weighted by atomic mass is 15.0. The second-order valence-corrected chi connectivity index (χ2v) is 3.80. The van der Waals surface area contributed by atoms with Gasteiger partial charge in [-0.15, -0.1) is 0 Å². The van der Waals surface area contributed by atoms with E-state index >= 15 is 0 Å². The quantitative estimate of drug-likeness (QED) is 0.713. The van der Waals surface area contributed by atoms with Crippen molar-refractivity contribution in [3.8, 4) is 0 Å². The van der Waals surface area contributed by atoms with Crippen LogP contribution in [0.15, 0.2) is 4.99 Å². The zero-order chi connectivity index (χ0) is 9.52. The van der Waals surface area contributed by atoms with Crippen LogP contribution < -0.4 is 5.32 Å². The molecule has 0 unspecified atom stereocenters. The second kappa shape index (κ2) is 6.01. The van der Waals surface area contributed by atoms with Crippen molar-refractivity contribution >= 4 is 5.84 Å². The van der Waals surface area contributed by atoms with Gasteiger partial charge < -0.3 is 5.32 Å². The van der Waals surface area contributed by atoms with E-state index in [0.29, 0.717) is 6.04 Å². The van der Waals surface area contributed by atoms with E-state index in [1.54, 1.807) is 0 Å². The molecule has 1 rings (SSSR count). The molecular formula is C11H22N2. The Morgan fingerprint density at radius 3 is 2.69 bits per heavy atom. The first-order valence-corrected chi connectivity index (χ1v) is 5.66. The zero-order valence-corrected chi connectivity index (χ0v) is 8.97. The van der Waals surface area contributed by atoms with Gasteiger partial charge in [0.1, 0.15) is 0 Å². The van der Waals surface area contributed by atoms with Gasteiger partial charge in [-0.25, -0.2) is 0 Å². The second-order valence-electron chi connectivity index (χ2n) is 3.80. The van der Waals surface area contributed by atoms with Gasteiger partial charge in [0.2, 0.25) is 0 Å². The number of nitrogens with one attached hydrogen (secondary N) is 1. The molecule has 0 fully saturated rings. The SMILES string of the molecule is CCC(CC)NC1=NCCCCC1. The summed E-state index contributed by atoms with van der Waals surface area (Å²) in [6, 6.07) is 0.636. The lowest BCUT2D eigenvalue weighted by Gasteiger charge is -2.17. The molecule has 0 aromatic rings. The Bertz CT molecular complexity index is 159. The van der Waals surface area contributed by atoms with Crippen LogP contribution in [0.2, 0.25) is 0 Å². The Labute approximate surface area is 81.8 Å². The van der Waals surface area contributed by atoms with Gasteiger partial charge in [-0.1, -0.05) is 20.3 Å². The maximum absolute atomic E-state index is 4.56. The van der Waals surface area contributed by atoms with E-state index in [1.807, 2.05) is 0 Å². The molecule has 13 heavy (non-hydrogen) atoms. The van der Waals surface area contributed by atoms with Crippen molar-refractivity contribution in [1.82, 2.24) is 5.32 Å². The summed E-state index contributed by atoms with van der Waals surface area (Å²) in [7, 11) is 0. The summed E-state index contributed by atoms with van der Waals surface area (Å²) < 4.78 is 0. The average Bonchev–Trinajstić information content (AvgIpc) is 2.42. The first-order valence-electron chi connectivity index (χ1n) is 5.66.